The molecule has 1 fully saturated rings. The van der Waals surface area contributed by atoms with E-state index in [0.29, 0.717) is 18.6 Å². The molecule has 5 heteroatoms. The van der Waals surface area contributed by atoms with Crippen LogP contribution in [0.2, 0.25) is 0 Å². The van der Waals surface area contributed by atoms with Crippen LogP contribution < -0.4 is 5.32 Å². The summed E-state index contributed by atoms with van der Waals surface area (Å²) in [6.45, 7) is 13.3. The Kier molecular flexibility index (Phi) is 6.94. The number of nitrogens with zero attached hydrogens (tertiary/aromatic N) is 2. The van der Waals surface area contributed by atoms with Gasteiger partial charge in [0, 0.05) is 44.8 Å². The van der Waals surface area contributed by atoms with Gasteiger partial charge >= 0.3 is 0 Å². The van der Waals surface area contributed by atoms with Crippen molar-refractivity contribution < 1.29 is 9.47 Å². The second kappa shape index (κ2) is 7.99. The maximum atomic E-state index is 5.45. The zero-order valence-corrected chi connectivity index (χ0v) is 14.7. The molecular weight excluding hydrogens is 266 g/mol. The molecule has 0 unspecified atom stereocenters. The van der Waals surface area contributed by atoms with Crippen molar-refractivity contribution >= 4 is 5.96 Å². The van der Waals surface area contributed by atoms with Crippen molar-refractivity contribution in [2.75, 3.05) is 47.1 Å². The van der Waals surface area contributed by atoms with Gasteiger partial charge in [0.25, 0.3) is 0 Å². The molecule has 1 aliphatic rings. The highest BCUT2D eigenvalue weighted by molar-refractivity contribution is 5.81. The minimum absolute atomic E-state index is 0.151. The number of hydrogen-bond donors (Lipinski definition) is 1. The van der Waals surface area contributed by atoms with Gasteiger partial charge in [-0.3, -0.25) is 4.99 Å². The van der Waals surface area contributed by atoms with Gasteiger partial charge in [0.2, 0.25) is 0 Å². The Bertz CT molecular complexity index is 340. The molecule has 1 aliphatic heterocycles. The quantitative estimate of drug-likeness (QED) is 0.424. The van der Waals surface area contributed by atoms with E-state index in [9.17, 15) is 0 Å². The highest BCUT2D eigenvalue weighted by atomic mass is 16.5. The van der Waals surface area contributed by atoms with Crippen molar-refractivity contribution in [1.29, 1.82) is 0 Å². The van der Waals surface area contributed by atoms with Crippen molar-refractivity contribution in [3.63, 3.8) is 0 Å². The second-order valence-electron chi connectivity index (χ2n) is 6.82. The van der Waals surface area contributed by atoms with E-state index < -0.39 is 0 Å². The number of aliphatic imine (C=N–C) groups is 1. The van der Waals surface area contributed by atoms with Crippen LogP contribution in [0.3, 0.4) is 0 Å². The van der Waals surface area contributed by atoms with Crippen LogP contribution in [0.1, 0.15) is 40.5 Å². The summed E-state index contributed by atoms with van der Waals surface area (Å²) in [5.74, 6) is 1.01. The zero-order valence-electron chi connectivity index (χ0n) is 14.7. The van der Waals surface area contributed by atoms with Crippen LogP contribution >= 0.6 is 0 Å². The first-order valence-corrected chi connectivity index (χ1v) is 7.92. The third kappa shape index (κ3) is 4.58. The number of methoxy groups -OCH3 is 1. The van der Waals surface area contributed by atoms with E-state index in [1.807, 2.05) is 7.05 Å². The van der Waals surface area contributed by atoms with E-state index in [4.69, 9.17) is 9.47 Å². The molecule has 21 heavy (non-hydrogen) atoms. The van der Waals surface area contributed by atoms with Crippen LogP contribution in [0.25, 0.3) is 0 Å². The van der Waals surface area contributed by atoms with Gasteiger partial charge in [0.1, 0.15) is 0 Å². The number of rotatable bonds is 8. The highest BCUT2D eigenvalue weighted by Crippen LogP contribution is 2.46. The van der Waals surface area contributed by atoms with Crippen molar-refractivity contribution in [2.45, 2.75) is 46.1 Å². The molecule has 0 aromatic heterocycles. The molecular formula is C16H33N3O2. The Morgan fingerprint density at radius 2 is 1.86 bits per heavy atom. The molecule has 5 nitrogen and oxygen atoms in total. The number of ether oxygens (including phenoxy) is 2. The van der Waals surface area contributed by atoms with Crippen LogP contribution in [-0.4, -0.2) is 63.5 Å². The van der Waals surface area contributed by atoms with E-state index >= 15 is 0 Å². The first-order valence-electron chi connectivity index (χ1n) is 7.92. The Balaban J connectivity index is 2.19. The molecule has 0 radical (unpaired) electrons. The number of likely N-dealkylation sites (tertiary alicyclic amines) is 1. The van der Waals surface area contributed by atoms with Crippen molar-refractivity contribution in [1.82, 2.24) is 10.2 Å². The lowest BCUT2D eigenvalue weighted by molar-refractivity contribution is -0.0667. The summed E-state index contributed by atoms with van der Waals surface area (Å²) < 4.78 is 10.4. The largest absolute Gasteiger partial charge is 0.382 e. The molecule has 1 rings (SSSR count). The van der Waals surface area contributed by atoms with E-state index in [1.165, 1.54) is 0 Å². The molecule has 0 aromatic carbocycles. The molecule has 0 amide bonds. The van der Waals surface area contributed by atoms with Gasteiger partial charge in [-0.2, -0.15) is 0 Å². The van der Waals surface area contributed by atoms with Gasteiger partial charge in [-0.25, -0.2) is 0 Å². The normalized spacial score (nSPS) is 20.3. The van der Waals surface area contributed by atoms with Crippen molar-refractivity contribution in [2.24, 2.45) is 10.4 Å². The second-order valence-corrected chi connectivity index (χ2v) is 6.82. The number of unbranched alkanes of at least 4 members (excludes halogenated alkanes) is 1. The van der Waals surface area contributed by atoms with E-state index in [2.05, 4.69) is 42.9 Å². The maximum Gasteiger partial charge on any atom is 0.194 e. The lowest BCUT2D eigenvalue weighted by atomic mass is 9.65. The van der Waals surface area contributed by atoms with Crippen molar-refractivity contribution in [3.05, 3.63) is 0 Å². The van der Waals surface area contributed by atoms with Gasteiger partial charge in [-0.05, 0) is 26.7 Å². The van der Waals surface area contributed by atoms with Crippen LogP contribution in [0.4, 0.5) is 0 Å². The topological polar surface area (TPSA) is 46.1 Å². The summed E-state index contributed by atoms with van der Waals surface area (Å²) in [5.41, 5.74) is 0.484. The van der Waals surface area contributed by atoms with E-state index in [-0.39, 0.29) is 5.54 Å². The summed E-state index contributed by atoms with van der Waals surface area (Å²) in [6, 6.07) is 0. The first kappa shape index (κ1) is 18.2. The molecule has 124 valence electrons. The van der Waals surface area contributed by atoms with Gasteiger partial charge < -0.3 is 19.7 Å². The van der Waals surface area contributed by atoms with E-state index in [1.54, 1.807) is 7.11 Å². The maximum absolute atomic E-state index is 5.45. The molecule has 0 spiro atoms. The fourth-order valence-electron chi connectivity index (χ4n) is 2.47. The molecule has 0 bridgehead atoms. The van der Waals surface area contributed by atoms with Crippen LogP contribution in [-0.2, 0) is 9.47 Å². The third-order valence-corrected chi connectivity index (χ3v) is 4.78. The fraction of sp³-hybridized carbons (Fsp3) is 0.938. The summed E-state index contributed by atoms with van der Waals surface area (Å²) in [4.78, 5) is 6.78. The number of nitrogens with one attached hydrogen (secondary N) is 1. The summed E-state index contributed by atoms with van der Waals surface area (Å²) in [6.07, 6.45) is 2.15. The average molecular weight is 299 g/mol. The minimum atomic E-state index is 0.151. The fourth-order valence-corrected chi connectivity index (χ4v) is 2.47. The lowest BCUT2D eigenvalue weighted by Gasteiger charge is -2.62. The van der Waals surface area contributed by atoms with Gasteiger partial charge in [-0.1, -0.05) is 13.8 Å². The first-order chi connectivity index (χ1) is 9.86. The Labute approximate surface area is 130 Å². The molecule has 1 saturated heterocycles. The predicted molar refractivity (Wildman–Crippen MR) is 87.9 cm³/mol. The van der Waals surface area contributed by atoms with Crippen LogP contribution in [0.15, 0.2) is 4.99 Å². The summed E-state index contributed by atoms with van der Waals surface area (Å²) >= 11 is 0. The monoisotopic (exact) mass is 299 g/mol. The van der Waals surface area contributed by atoms with E-state index in [0.717, 1.165) is 38.5 Å². The third-order valence-electron chi connectivity index (χ3n) is 4.78. The summed E-state index contributed by atoms with van der Waals surface area (Å²) in [7, 11) is 3.55. The number of hydrogen-bond acceptors (Lipinski definition) is 3. The standard InChI is InChI=1S/C16H33N3O2/c1-15(2)13-19(16(15,3)4)14(17-5)18-9-7-8-10-21-12-11-20-6/h7-13H2,1-6H3,(H,17,18). The predicted octanol–water partition coefficient (Wildman–Crippen LogP) is 2.13. The lowest BCUT2D eigenvalue weighted by Crippen LogP contribution is -2.72. The van der Waals surface area contributed by atoms with Crippen LogP contribution in [0, 0.1) is 5.41 Å². The van der Waals surface area contributed by atoms with Gasteiger partial charge in [-0.15, -0.1) is 0 Å². The minimum Gasteiger partial charge on any atom is -0.382 e. The highest BCUT2D eigenvalue weighted by Gasteiger charge is 2.53. The Morgan fingerprint density at radius 1 is 1.14 bits per heavy atom. The zero-order chi connectivity index (χ0) is 15.9. The van der Waals surface area contributed by atoms with Gasteiger partial charge in [0.05, 0.1) is 13.2 Å². The smallest absolute Gasteiger partial charge is 0.194 e. The average Bonchev–Trinajstić information content (AvgIpc) is 2.44. The molecule has 0 atom stereocenters. The molecule has 1 heterocycles. The SMILES string of the molecule is CN=C(NCCCCOCCOC)N1CC(C)(C)C1(C)C. The molecule has 1 N–H and O–H groups in total. The molecule has 0 aliphatic carbocycles. The van der Waals surface area contributed by atoms with Gasteiger partial charge in [0.15, 0.2) is 5.96 Å². The number of guanidine groups is 1. The Hall–Kier alpha value is -0.810. The molecule has 0 saturated carbocycles. The van der Waals surface area contributed by atoms with Crippen LogP contribution in [0.5, 0.6) is 0 Å². The Morgan fingerprint density at radius 3 is 2.38 bits per heavy atom. The van der Waals surface area contributed by atoms with Crippen molar-refractivity contribution in [3.8, 4) is 0 Å². The summed E-state index contributed by atoms with van der Waals surface area (Å²) in [5, 5.41) is 3.46. The molecule has 0 aromatic rings.